The Morgan fingerprint density at radius 3 is 2.34 bits per heavy atom. The van der Waals surface area contributed by atoms with E-state index in [-0.39, 0.29) is 24.5 Å². The number of aromatic nitrogens is 1. The fourth-order valence-electron chi connectivity index (χ4n) is 4.19. The quantitative estimate of drug-likeness (QED) is 0.548. The standard InChI is InChI=1S/C26H29N3O3/c1-18-5-4-6-22-19(2)17-24(27-26(18)22)28-13-15-29(16-14-28)25(31)12-11-23(30)20-7-9-21(32-3)10-8-20/h4-10,17H,11-16H2,1-3H3. The molecule has 1 aliphatic rings. The van der Waals surface area contributed by atoms with Crippen LogP contribution in [-0.4, -0.2) is 54.9 Å². The number of fused-ring (bicyclic) bond motifs is 1. The van der Waals surface area contributed by atoms with E-state index in [0.29, 0.717) is 24.4 Å². The summed E-state index contributed by atoms with van der Waals surface area (Å²) in [5.74, 6) is 1.68. The zero-order valence-electron chi connectivity index (χ0n) is 18.9. The number of pyridine rings is 1. The van der Waals surface area contributed by atoms with Crippen LogP contribution in [0.2, 0.25) is 0 Å². The number of nitrogens with zero attached hydrogens (tertiary/aromatic N) is 3. The first-order chi connectivity index (χ1) is 15.5. The average Bonchev–Trinajstić information content (AvgIpc) is 2.83. The van der Waals surface area contributed by atoms with Gasteiger partial charge in [-0.15, -0.1) is 0 Å². The summed E-state index contributed by atoms with van der Waals surface area (Å²) in [6.45, 7) is 6.96. The highest BCUT2D eigenvalue weighted by Crippen LogP contribution is 2.25. The zero-order valence-corrected chi connectivity index (χ0v) is 18.9. The Kier molecular flexibility index (Phi) is 6.40. The van der Waals surface area contributed by atoms with Gasteiger partial charge in [0, 0.05) is 50.0 Å². The maximum Gasteiger partial charge on any atom is 0.223 e. The third kappa shape index (κ3) is 4.59. The summed E-state index contributed by atoms with van der Waals surface area (Å²) < 4.78 is 5.12. The van der Waals surface area contributed by atoms with Crippen molar-refractivity contribution >= 4 is 28.4 Å². The van der Waals surface area contributed by atoms with Crippen molar-refractivity contribution in [3.05, 3.63) is 65.2 Å². The molecule has 166 valence electrons. The molecular weight excluding hydrogens is 402 g/mol. The van der Waals surface area contributed by atoms with E-state index in [4.69, 9.17) is 9.72 Å². The van der Waals surface area contributed by atoms with E-state index in [1.54, 1.807) is 31.4 Å². The first-order valence-corrected chi connectivity index (χ1v) is 11.0. The van der Waals surface area contributed by atoms with Gasteiger partial charge in [0.05, 0.1) is 12.6 Å². The number of ketones is 1. The smallest absolute Gasteiger partial charge is 0.223 e. The number of carbonyl (C=O) groups is 2. The molecule has 0 atom stereocenters. The first kappa shape index (κ1) is 21.8. The summed E-state index contributed by atoms with van der Waals surface area (Å²) in [7, 11) is 1.59. The van der Waals surface area contributed by atoms with Gasteiger partial charge < -0.3 is 14.5 Å². The monoisotopic (exact) mass is 431 g/mol. The molecule has 0 N–H and O–H groups in total. The predicted molar refractivity (Wildman–Crippen MR) is 127 cm³/mol. The van der Waals surface area contributed by atoms with Gasteiger partial charge in [-0.3, -0.25) is 9.59 Å². The highest BCUT2D eigenvalue weighted by molar-refractivity contribution is 5.98. The Balaban J connectivity index is 1.33. The maximum absolute atomic E-state index is 12.7. The molecule has 2 aromatic carbocycles. The molecule has 1 aromatic heterocycles. The van der Waals surface area contributed by atoms with Crippen LogP contribution in [0.5, 0.6) is 5.75 Å². The maximum atomic E-state index is 12.7. The van der Waals surface area contributed by atoms with Crippen molar-refractivity contribution in [2.24, 2.45) is 0 Å². The van der Waals surface area contributed by atoms with E-state index in [1.807, 2.05) is 4.90 Å². The molecular formula is C26H29N3O3. The van der Waals surface area contributed by atoms with Crippen molar-refractivity contribution in [1.82, 2.24) is 9.88 Å². The van der Waals surface area contributed by atoms with Gasteiger partial charge in [0.15, 0.2) is 5.78 Å². The minimum absolute atomic E-state index is 0.0224. The molecule has 0 aliphatic carbocycles. The number of para-hydroxylation sites is 1. The molecule has 1 saturated heterocycles. The van der Waals surface area contributed by atoms with Crippen molar-refractivity contribution in [2.45, 2.75) is 26.7 Å². The van der Waals surface area contributed by atoms with E-state index < -0.39 is 0 Å². The Bertz CT molecular complexity index is 1130. The van der Waals surface area contributed by atoms with Crippen molar-refractivity contribution in [2.75, 3.05) is 38.2 Å². The first-order valence-electron chi connectivity index (χ1n) is 11.0. The number of Topliss-reactive ketones (excluding diaryl/α,β-unsaturated/α-hetero) is 1. The topological polar surface area (TPSA) is 62.7 Å². The molecule has 6 heteroatoms. The van der Waals surface area contributed by atoms with Gasteiger partial charge >= 0.3 is 0 Å². The molecule has 1 fully saturated rings. The van der Waals surface area contributed by atoms with E-state index in [1.165, 1.54) is 16.5 Å². The van der Waals surface area contributed by atoms with Gasteiger partial charge in [0.25, 0.3) is 0 Å². The minimum atomic E-state index is -0.0224. The molecule has 1 amide bonds. The predicted octanol–water partition coefficient (Wildman–Crippen LogP) is 4.17. The van der Waals surface area contributed by atoms with Crippen LogP contribution in [0, 0.1) is 13.8 Å². The third-order valence-corrected chi connectivity index (χ3v) is 6.17. The van der Waals surface area contributed by atoms with E-state index in [9.17, 15) is 9.59 Å². The fourth-order valence-corrected chi connectivity index (χ4v) is 4.19. The molecule has 0 saturated carbocycles. The number of hydrogen-bond donors (Lipinski definition) is 0. The van der Waals surface area contributed by atoms with Crippen LogP contribution in [0.3, 0.4) is 0 Å². The van der Waals surface area contributed by atoms with Crippen molar-refractivity contribution in [3.63, 3.8) is 0 Å². The minimum Gasteiger partial charge on any atom is -0.497 e. The number of carbonyl (C=O) groups excluding carboxylic acids is 2. The summed E-state index contributed by atoms with van der Waals surface area (Å²) in [5.41, 5.74) is 4.03. The Morgan fingerprint density at radius 1 is 0.938 bits per heavy atom. The van der Waals surface area contributed by atoms with Gasteiger partial charge in [0.1, 0.15) is 11.6 Å². The summed E-state index contributed by atoms with van der Waals surface area (Å²) in [6.07, 6.45) is 0.452. The van der Waals surface area contributed by atoms with E-state index in [0.717, 1.165) is 24.4 Å². The molecule has 4 rings (SSSR count). The summed E-state index contributed by atoms with van der Waals surface area (Å²) >= 11 is 0. The number of aryl methyl sites for hydroxylation is 2. The Labute approximate surface area is 188 Å². The molecule has 0 spiro atoms. The summed E-state index contributed by atoms with van der Waals surface area (Å²) in [6, 6.07) is 15.4. The van der Waals surface area contributed by atoms with Crippen LogP contribution < -0.4 is 9.64 Å². The van der Waals surface area contributed by atoms with Gasteiger partial charge in [-0.2, -0.15) is 0 Å². The SMILES string of the molecule is COc1ccc(C(=O)CCC(=O)N2CCN(c3cc(C)c4cccc(C)c4n3)CC2)cc1. The highest BCUT2D eigenvalue weighted by atomic mass is 16.5. The van der Waals surface area contributed by atoms with Crippen molar-refractivity contribution in [1.29, 1.82) is 0 Å². The lowest BCUT2D eigenvalue weighted by molar-refractivity contribution is -0.131. The fraction of sp³-hybridized carbons (Fsp3) is 0.346. The number of anilines is 1. The number of ether oxygens (including phenoxy) is 1. The Morgan fingerprint density at radius 2 is 1.66 bits per heavy atom. The van der Waals surface area contributed by atoms with Crippen molar-refractivity contribution in [3.8, 4) is 5.75 Å². The third-order valence-electron chi connectivity index (χ3n) is 6.17. The number of amides is 1. The molecule has 0 radical (unpaired) electrons. The van der Waals surface area contributed by atoms with Crippen molar-refractivity contribution < 1.29 is 14.3 Å². The number of rotatable bonds is 6. The van der Waals surface area contributed by atoms with E-state index >= 15 is 0 Å². The molecule has 1 aliphatic heterocycles. The molecule has 0 bridgehead atoms. The lowest BCUT2D eigenvalue weighted by atomic mass is 10.1. The van der Waals surface area contributed by atoms with Crippen LogP contribution in [0.15, 0.2) is 48.5 Å². The number of benzene rings is 2. The largest absolute Gasteiger partial charge is 0.497 e. The normalized spacial score (nSPS) is 14.0. The molecule has 0 unspecified atom stereocenters. The number of methoxy groups -OCH3 is 1. The van der Waals surface area contributed by atoms with Gasteiger partial charge in [-0.1, -0.05) is 18.2 Å². The van der Waals surface area contributed by atoms with Crippen LogP contribution in [0.4, 0.5) is 5.82 Å². The lowest BCUT2D eigenvalue weighted by Crippen LogP contribution is -2.49. The van der Waals surface area contributed by atoms with E-state index in [2.05, 4.69) is 43.0 Å². The number of hydrogen-bond acceptors (Lipinski definition) is 5. The van der Waals surface area contributed by atoms with Gasteiger partial charge in [-0.25, -0.2) is 4.98 Å². The zero-order chi connectivity index (χ0) is 22.7. The Hall–Kier alpha value is -3.41. The van der Waals surface area contributed by atoms with Crippen LogP contribution in [0.1, 0.15) is 34.3 Å². The average molecular weight is 432 g/mol. The lowest BCUT2D eigenvalue weighted by Gasteiger charge is -2.35. The van der Waals surface area contributed by atoms with Crippen LogP contribution in [0.25, 0.3) is 10.9 Å². The summed E-state index contributed by atoms with van der Waals surface area (Å²) in [4.78, 5) is 34.1. The number of piperazine rings is 1. The van der Waals surface area contributed by atoms with Gasteiger partial charge in [-0.05, 0) is 55.3 Å². The van der Waals surface area contributed by atoms with Crippen LogP contribution in [-0.2, 0) is 4.79 Å². The molecule has 6 nitrogen and oxygen atoms in total. The molecule has 3 aromatic rings. The van der Waals surface area contributed by atoms with Crippen LogP contribution >= 0.6 is 0 Å². The second kappa shape index (κ2) is 9.39. The highest BCUT2D eigenvalue weighted by Gasteiger charge is 2.23. The summed E-state index contributed by atoms with van der Waals surface area (Å²) in [5, 5.41) is 1.18. The molecule has 2 heterocycles. The second-order valence-electron chi connectivity index (χ2n) is 8.29. The van der Waals surface area contributed by atoms with Gasteiger partial charge in [0.2, 0.25) is 5.91 Å². The second-order valence-corrected chi connectivity index (χ2v) is 8.29. The molecule has 32 heavy (non-hydrogen) atoms.